The number of benzene rings is 2. The van der Waals surface area contributed by atoms with Crippen LogP contribution in [0.5, 0.6) is 5.75 Å². The van der Waals surface area contributed by atoms with Gasteiger partial charge in [-0.25, -0.2) is 0 Å². The van der Waals surface area contributed by atoms with Crippen LogP contribution in [0.2, 0.25) is 5.02 Å². The molecule has 0 atom stereocenters. The van der Waals surface area contributed by atoms with E-state index in [0.29, 0.717) is 16.5 Å². The second-order valence-electron chi connectivity index (χ2n) is 5.18. The molecule has 0 radical (unpaired) electrons. The summed E-state index contributed by atoms with van der Waals surface area (Å²) in [6.07, 6.45) is 3.45. The molecule has 1 aliphatic heterocycles. The molecule has 0 aromatic heterocycles. The van der Waals surface area contributed by atoms with Crippen LogP contribution in [0.4, 0.5) is 11.4 Å². The molecule has 0 fully saturated rings. The number of rotatable bonds is 5. The smallest absolute Gasteiger partial charge is 0.166 e. The Kier molecular flexibility index (Phi) is 5.12. The summed E-state index contributed by atoms with van der Waals surface area (Å²) < 4.78 is 10.8. The molecule has 0 saturated carbocycles. The lowest BCUT2D eigenvalue weighted by Gasteiger charge is -2.16. The van der Waals surface area contributed by atoms with Gasteiger partial charge in [0, 0.05) is 11.9 Å². The maximum absolute atomic E-state index is 9.49. The number of nitrogens with zero attached hydrogens (tertiary/aromatic N) is 2. The van der Waals surface area contributed by atoms with Crippen molar-refractivity contribution in [3.8, 4) is 11.8 Å². The zero-order valence-corrected chi connectivity index (χ0v) is 14.3. The van der Waals surface area contributed by atoms with Crippen LogP contribution in [0.15, 0.2) is 72.3 Å². The van der Waals surface area contributed by atoms with Crippen LogP contribution in [0.3, 0.4) is 0 Å². The Hall–Kier alpha value is -3.10. The van der Waals surface area contributed by atoms with Crippen LogP contribution in [-0.4, -0.2) is 13.8 Å². The summed E-state index contributed by atoms with van der Waals surface area (Å²) in [7, 11) is 1.63. The minimum Gasteiger partial charge on any atom is -0.497 e. The molecule has 0 amide bonds. The number of allylic oxidation sites excluding steroid dienone is 2. The van der Waals surface area contributed by atoms with Crippen molar-refractivity contribution in [3.05, 3.63) is 77.3 Å². The molecule has 0 spiro atoms. The fourth-order valence-electron chi connectivity index (χ4n) is 2.40. The average molecular weight is 354 g/mol. The molecule has 2 aromatic rings. The topological polar surface area (TPSA) is 57.5 Å². The summed E-state index contributed by atoms with van der Waals surface area (Å²) in [5.41, 5.74) is 2.06. The largest absolute Gasteiger partial charge is 0.497 e. The molecule has 3 rings (SSSR count). The number of para-hydroxylation sites is 1. The number of anilines is 2. The van der Waals surface area contributed by atoms with Crippen molar-refractivity contribution in [3.63, 3.8) is 0 Å². The molecule has 1 N–H and O–H groups in total. The van der Waals surface area contributed by atoms with E-state index < -0.39 is 0 Å². The second-order valence-corrected chi connectivity index (χ2v) is 5.59. The van der Waals surface area contributed by atoms with Crippen molar-refractivity contribution in [2.24, 2.45) is 0 Å². The zero-order valence-electron chi connectivity index (χ0n) is 13.6. The summed E-state index contributed by atoms with van der Waals surface area (Å²) >= 11 is 6.21. The number of hydrogen-bond acceptors (Lipinski definition) is 5. The average Bonchev–Trinajstić information content (AvgIpc) is 3.05. The second kappa shape index (κ2) is 7.65. The van der Waals surface area contributed by atoms with Crippen LogP contribution in [0, 0.1) is 11.3 Å². The highest BCUT2D eigenvalue weighted by Crippen LogP contribution is 2.32. The fourth-order valence-corrected chi connectivity index (χ4v) is 2.64. The van der Waals surface area contributed by atoms with Crippen LogP contribution < -0.4 is 15.0 Å². The van der Waals surface area contributed by atoms with E-state index in [1.807, 2.05) is 42.5 Å². The Morgan fingerprint density at radius 3 is 2.68 bits per heavy atom. The molecule has 0 aliphatic carbocycles. The van der Waals surface area contributed by atoms with E-state index in [2.05, 4.69) is 11.4 Å². The molecular formula is C19H16ClN3O2. The van der Waals surface area contributed by atoms with Crippen molar-refractivity contribution in [1.29, 1.82) is 5.26 Å². The Morgan fingerprint density at radius 2 is 2.00 bits per heavy atom. The maximum Gasteiger partial charge on any atom is 0.166 e. The SMILES string of the molecule is COc1ccc(N/C=C/C2=C(C#N)N(c3ccccc3Cl)CO2)cc1. The van der Waals surface area contributed by atoms with Gasteiger partial charge in [0.25, 0.3) is 0 Å². The first-order chi connectivity index (χ1) is 12.2. The first-order valence-corrected chi connectivity index (χ1v) is 7.97. The van der Waals surface area contributed by atoms with E-state index in [1.165, 1.54) is 0 Å². The molecule has 2 aromatic carbocycles. The van der Waals surface area contributed by atoms with E-state index in [1.54, 1.807) is 30.4 Å². The molecule has 0 unspecified atom stereocenters. The number of nitriles is 1. The minimum absolute atomic E-state index is 0.245. The summed E-state index contributed by atoms with van der Waals surface area (Å²) in [5.74, 6) is 1.28. The standard InChI is InChI=1S/C19H16ClN3O2/c1-24-15-8-6-14(7-9-15)22-11-10-19-18(12-21)23(13-25-19)17-5-3-2-4-16(17)20/h2-11,22H,13H2,1H3/b11-10+. The van der Waals surface area contributed by atoms with Crippen LogP contribution in [0.1, 0.15) is 0 Å². The lowest BCUT2D eigenvalue weighted by Crippen LogP contribution is -2.18. The van der Waals surface area contributed by atoms with E-state index in [9.17, 15) is 5.26 Å². The number of methoxy groups -OCH3 is 1. The van der Waals surface area contributed by atoms with Gasteiger partial charge in [0.2, 0.25) is 0 Å². The van der Waals surface area contributed by atoms with Gasteiger partial charge >= 0.3 is 0 Å². The molecule has 0 bridgehead atoms. The normalized spacial score (nSPS) is 13.7. The molecule has 25 heavy (non-hydrogen) atoms. The number of hydrogen-bond donors (Lipinski definition) is 1. The molecule has 1 heterocycles. The lowest BCUT2D eigenvalue weighted by molar-refractivity contribution is 0.257. The van der Waals surface area contributed by atoms with Crippen molar-refractivity contribution in [2.75, 3.05) is 24.1 Å². The highest BCUT2D eigenvalue weighted by Gasteiger charge is 2.25. The van der Waals surface area contributed by atoms with Gasteiger partial charge in [-0.05, 0) is 42.5 Å². The Balaban J connectivity index is 1.75. The summed E-state index contributed by atoms with van der Waals surface area (Å²) in [6, 6.07) is 17.0. The molecule has 1 aliphatic rings. The Bertz CT molecular complexity index is 854. The van der Waals surface area contributed by atoms with Crippen molar-refractivity contribution < 1.29 is 9.47 Å². The van der Waals surface area contributed by atoms with E-state index in [-0.39, 0.29) is 6.73 Å². The number of ether oxygens (including phenoxy) is 2. The van der Waals surface area contributed by atoms with Gasteiger partial charge < -0.3 is 14.8 Å². The van der Waals surface area contributed by atoms with E-state index >= 15 is 0 Å². The van der Waals surface area contributed by atoms with Gasteiger partial charge in [0.05, 0.1) is 17.8 Å². The zero-order chi connectivity index (χ0) is 17.6. The van der Waals surface area contributed by atoms with Crippen molar-refractivity contribution in [1.82, 2.24) is 0 Å². The first-order valence-electron chi connectivity index (χ1n) is 7.59. The minimum atomic E-state index is 0.245. The molecule has 0 saturated heterocycles. The predicted molar refractivity (Wildman–Crippen MR) is 98.3 cm³/mol. The van der Waals surface area contributed by atoms with Gasteiger partial charge in [-0.1, -0.05) is 23.7 Å². The summed E-state index contributed by atoms with van der Waals surface area (Å²) in [6.45, 7) is 0.245. The number of halogens is 1. The lowest BCUT2D eigenvalue weighted by atomic mass is 10.2. The third kappa shape index (κ3) is 3.70. The molecule has 5 nitrogen and oxygen atoms in total. The first kappa shape index (κ1) is 16.7. The predicted octanol–water partition coefficient (Wildman–Crippen LogP) is 4.50. The Morgan fingerprint density at radius 1 is 1.24 bits per heavy atom. The maximum atomic E-state index is 9.49. The van der Waals surface area contributed by atoms with Crippen LogP contribution in [-0.2, 0) is 4.74 Å². The Labute approximate surface area is 151 Å². The van der Waals surface area contributed by atoms with Gasteiger partial charge in [-0.2, -0.15) is 5.26 Å². The van der Waals surface area contributed by atoms with E-state index in [0.717, 1.165) is 17.1 Å². The highest BCUT2D eigenvalue weighted by molar-refractivity contribution is 6.33. The van der Waals surface area contributed by atoms with Gasteiger partial charge in [0.1, 0.15) is 11.8 Å². The highest BCUT2D eigenvalue weighted by atomic mass is 35.5. The van der Waals surface area contributed by atoms with Gasteiger partial charge in [-0.15, -0.1) is 0 Å². The van der Waals surface area contributed by atoms with Crippen molar-refractivity contribution >= 4 is 23.0 Å². The quantitative estimate of drug-likeness (QED) is 0.857. The molecular weight excluding hydrogens is 338 g/mol. The van der Waals surface area contributed by atoms with E-state index in [4.69, 9.17) is 21.1 Å². The molecule has 6 heteroatoms. The summed E-state index contributed by atoms with van der Waals surface area (Å²) in [5, 5.41) is 13.2. The summed E-state index contributed by atoms with van der Waals surface area (Å²) in [4.78, 5) is 1.75. The fraction of sp³-hybridized carbons (Fsp3) is 0.105. The third-order valence-electron chi connectivity index (χ3n) is 3.68. The molecule has 126 valence electrons. The van der Waals surface area contributed by atoms with Gasteiger partial charge in [0.15, 0.2) is 18.2 Å². The van der Waals surface area contributed by atoms with Gasteiger partial charge in [-0.3, -0.25) is 4.90 Å². The third-order valence-corrected chi connectivity index (χ3v) is 4.00. The monoisotopic (exact) mass is 353 g/mol. The van der Waals surface area contributed by atoms with Crippen LogP contribution >= 0.6 is 11.6 Å². The number of nitrogens with one attached hydrogen (secondary N) is 1. The van der Waals surface area contributed by atoms with Crippen LogP contribution in [0.25, 0.3) is 0 Å². The van der Waals surface area contributed by atoms with Crippen molar-refractivity contribution in [2.45, 2.75) is 0 Å².